The maximum absolute atomic E-state index is 13.9. The molecule has 1 aliphatic rings. The molecular formula is C30H22Cl2F4N2O3. The quantitative estimate of drug-likeness (QED) is 0.0872. The van der Waals surface area contributed by atoms with E-state index < -0.39 is 40.1 Å². The zero-order chi connectivity index (χ0) is 29.5. The lowest BCUT2D eigenvalue weighted by atomic mass is 9.94. The molecule has 1 aromatic heterocycles. The summed E-state index contributed by atoms with van der Waals surface area (Å²) in [4.78, 5) is 26.5. The van der Waals surface area contributed by atoms with Crippen LogP contribution in [-0.2, 0) is 11.0 Å². The third-order valence-corrected chi connectivity index (χ3v) is 7.36. The molecule has 3 aromatic carbocycles. The summed E-state index contributed by atoms with van der Waals surface area (Å²) in [6, 6.07) is 16.6. The van der Waals surface area contributed by atoms with E-state index in [4.69, 9.17) is 27.7 Å². The van der Waals surface area contributed by atoms with E-state index >= 15 is 0 Å². The van der Waals surface area contributed by atoms with E-state index in [1.165, 1.54) is 43.3 Å². The fourth-order valence-corrected chi connectivity index (χ4v) is 5.44. The SMILES string of the molecule is CC(=O)N(c1cccc(-c2cc(-c3c(C4CC4)cccc3C(F)(F)F)no2)c1)C(Cl)(Cl)CC(=O)c1ccc(F)cc1. The number of Topliss-reactive ketones (excluding diaryl/α,β-unsaturated/α-hetero) is 1. The summed E-state index contributed by atoms with van der Waals surface area (Å²) in [5.41, 5.74) is 0.553. The van der Waals surface area contributed by atoms with Gasteiger partial charge in [-0.2, -0.15) is 13.2 Å². The number of carbonyl (C=O) groups is 2. The van der Waals surface area contributed by atoms with Gasteiger partial charge in [0.2, 0.25) is 10.4 Å². The van der Waals surface area contributed by atoms with Crippen LogP contribution in [0.2, 0.25) is 0 Å². The van der Waals surface area contributed by atoms with E-state index in [0.717, 1.165) is 35.9 Å². The Hall–Kier alpha value is -3.69. The molecule has 5 nitrogen and oxygen atoms in total. The lowest BCUT2D eigenvalue weighted by Gasteiger charge is -2.33. The second-order valence-corrected chi connectivity index (χ2v) is 11.2. The molecule has 5 rings (SSSR count). The van der Waals surface area contributed by atoms with Crippen molar-refractivity contribution in [1.82, 2.24) is 5.16 Å². The number of halogens is 6. The number of ketones is 1. The van der Waals surface area contributed by atoms with Gasteiger partial charge in [-0.15, -0.1) is 0 Å². The number of benzene rings is 3. The van der Waals surface area contributed by atoms with Gasteiger partial charge in [-0.05, 0) is 66.8 Å². The highest BCUT2D eigenvalue weighted by Crippen LogP contribution is 2.48. The van der Waals surface area contributed by atoms with Crippen molar-refractivity contribution < 1.29 is 31.7 Å². The smallest absolute Gasteiger partial charge is 0.356 e. The number of amides is 1. The minimum atomic E-state index is -4.59. The van der Waals surface area contributed by atoms with Gasteiger partial charge in [0.25, 0.3) is 0 Å². The largest absolute Gasteiger partial charge is 0.417 e. The van der Waals surface area contributed by atoms with E-state index in [-0.39, 0.29) is 34.2 Å². The van der Waals surface area contributed by atoms with Crippen LogP contribution >= 0.6 is 23.2 Å². The molecule has 4 aromatic rings. The first-order valence-corrected chi connectivity index (χ1v) is 13.4. The average Bonchev–Trinajstić information content (AvgIpc) is 3.63. The number of carbonyl (C=O) groups excluding carboxylic acids is 2. The molecular weight excluding hydrogens is 583 g/mol. The summed E-state index contributed by atoms with van der Waals surface area (Å²) in [5, 5.41) is 3.97. The van der Waals surface area contributed by atoms with Gasteiger partial charge < -0.3 is 4.52 Å². The van der Waals surface area contributed by atoms with Gasteiger partial charge in [-0.3, -0.25) is 14.5 Å². The molecule has 0 spiro atoms. The summed E-state index contributed by atoms with van der Waals surface area (Å²) < 4.78 is 58.5. The summed E-state index contributed by atoms with van der Waals surface area (Å²) in [5.74, 6) is -1.44. The Morgan fingerprint density at radius 1 is 1.00 bits per heavy atom. The number of nitrogens with zero attached hydrogens (tertiary/aromatic N) is 2. The van der Waals surface area contributed by atoms with Crippen molar-refractivity contribution in [1.29, 1.82) is 0 Å². The molecule has 11 heteroatoms. The zero-order valence-electron chi connectivity index (χ0n) is 21.5. The second-order valence-electron chi connectivity index (χ2n) is 9.80. The molecule has 0 aliphatic heterocycles. The van der Waals surface area contributed by atoms with Gasteiger partial charge in [-0.1, -0.05) is 52.6 Å². The number of rotatable bonds is 8. The maximum Gasteiger partial charge on any atom is 0.417 e. The number of anilines is 1. The Morgan fingerprint density at radius 2 is 1.68 bits per heavy atom. The Labute approximate surface area is 242 Å². The van der Waals surface area contributed by atoms with Crippen LogP contribution in [-0.4, -0.2) is 21.3 Å². The normalized spacial score (nSPS) is 13.7. The predicted octanol–water partition coefficient (Wildman–Crippen LogP) is 8.80. The van der Waals surface area contributed by atoms with Crippen molar-refractivity contribution in [2.45, 2.75) is 42.7 Å². The molecule has 0 N–H and O–H groups in total. The van der Waals surface area contributed by atoms with Crippen molar-refractivity contribution in [3.63, 3.8) is 0 Å². The highest BCUT2D eigenvalue weighted by atomic mass is 35.5. The van der Waals surface area contributed by atoms with Crippen molar-refractivity contribution in [2.24, 2.45) is 0 Å². The molecule has 0 radical (unpaired) electrons. The molecule has 1 saturated carbocycles. The van der Waals surface area contributed by atoms with Gasteiger partial charge in [0, 0.05) is 35.4 Å². The minimum Gasteiger partial charge on any atom is -0.356 e. The molecule has 0 atom stereocenters. The van der Waals surface area contributed by atoms with Crippen LogP contribution in [0.3, 0.4) is 0 Å². The van der Waals surface area contributed by atoms with E-state index in [0.29, 0.717) is 11.1 Å². The number of hydrogen-bond acceptors (Lipinski definition) is 4. The maximum atomic E-state index is 13.9. The fourth-order valence-electron chi connectivity index (χ4n) is 4.77. The number of hydrogen-bond donors (Lipinski definition) is 0. The van der Waals surface area contributed by atoms with Gasteiger partial charge in [0.1, 0.15) is 11.5 Å². The first-order chi connectivity index (χ1) is 19.3. The minimum absolute atomic E-state index is 0.0149. The van der Waals surface area contributed by atoms with Crippen LogP contribution in [0, 0.1) is 5.82 Å². The van der Waals surface area contributed by atoms with E-state index in [9.17, 15) is 27.2 Å². The Morgan fingerprint density at radius 3 is 2.32 bits per heavy atom. The van der Waals surface area contributed by atoms with Crippen molar-refractivity contribution in [3.05, 3.63) is 95.3 Å². The van der Waals surface area contributed by atoms with Gasteiger partial charge in [0.15, 0.2) is 11.5 Å². The Kier molecular flexibility index (Phi) is 7.70. The highest BCUT2D eigenvalue weighted by molar-refractivity contribution is 6.52. The molecule has 1 aliphatic carbocycles. The molecule has 1 heterocycles. The van der Waals surface area contributed by atoms with Crippen molar-refractivity contribution >= 4 is 40.6 Å². The Bertz CT molecular complexity index is 1610. The van der Waals surface area contributed by atoms with Crippen LogP contribution in [0.4, 0.5) is 23.2 Å². The number of alkyl halides is 5. The first kappa shape index (κ1) is 28.8. The van der Waals surface area contributed by atoms with Crippen LogP contribution < -0.4 is 4.90 Å². The Balaban J connectivity index is 1.47. The lowest BCUT2D eigenvalue weighted by molar-refractivity contribution is -0.137. The summed E-state index contributed by atoms with van der Waals surface area (Å²) in [7, 11) is 0. The molecule has 0 bridgehead atoms. The van der Waals surface area contributed by atoms with Gasteiger partial charge >= 0.3 is 6.18 Å². The molecule has 0 unspecified atom stereocenters. The van der Waals surface area contributed by atoms with Crippen LogP contribution in [0.25, 0.3) is 22.6 Å². The summed E-state index contributed by atoms with van der Waals surface area (Å²) in [6.45, 7) is 1.22. The zero-order valence-corrected chi connectivity index (χ0v) is 23.0. The molecule has 1 amide bonds. The van der Waals surface area contributed by atoms with Crippen molar-refractivity contribution in [2.75, 3.05) is 4.90 Å². The van der Waals surface area contributed by atoms with Gasteiger partial charge in [0.05, 0.1) is 12.0 Å². The molecule has 212 valence electrons. The monoisotopic (exact) mass is 604 g/mol. The van der Waals surface area contributed by atoms with Crippen LogP contribution in [0.15, 0.2) is 77.3 Å². The highest BCUT2D eigenvalue weighted by Gasteiger charge is 2.40. The summed E-state index contributed by atoms with van der Waals surface area (Å²) in [6.07, 6.45) is -3.50. The second kappa shape index (κ2) is 10.9. The van der Waals surface area contributed by atoms with E-state index in [2.05, 4.69) is 5.16 Å². The van der Waals surface area contributed by atoms with Gasteiger partial charge in [-0.25, -0.2) is 4.39 Å². The van der Waals surface area contributed by atoms with E-state index in [1.807, 2.05) is 0 Å². The third kappa shape index (κ3) is 6.16. The van der Waals surface area contributed by atoms with Crippen LogP contribution in [0.5, 0.6) is 0 Å². The summed E-state index contributed by atoms with van der Waals surface area (Å²) >= 11 is 13.1. The van der Waals surface area contributed by atoms with E-state index in [1.54, 1.807) is 18.2 Å². The molecule has 0 saturated heterocycles. The first-order valence-electron chi connectivity index (χ1n) is 12.6. The fraction of sp³-hybridized carbons (Fsp3) is 0.233. The predicted molar refractivity (Wildman–Crippen MR) is 147 cm³/mol. The lowest BCUT2D eigenvalue weighted by Crippen LogP contribution is -2.44. The molecule has 41 heavy (non-hydrogen) atoms. The number of aromatic nitrogens is 1. The van der Waals surface area contributed by atoms with Crippen molar-refractivity contribution in [3.8, 4) is 22.6 Å². The van der Waals surface area contributed by atoms with Crippen LogP contribution in [0.1, 0.15) is 53.6 Å². The topological polar surface area (TPSA) is 63.4 Å². The third-order valence-electron chi connectivity index (χ3n) is 6.76. The molecule has 1 fully saturated rings. The standard InChI is InChI=1S/C30H22Cl2F4N2O3/c1-17(39)38(29(31,32)16-26(40)19-10-12-21(33)13-11-19)22-5-2-4-20(14-22)27-15-25(37-41-27)28-23(18-8-9-18)6-3-7-24(28)30(34,35)36/h2-7,10-15,18H,8-9,16H2,1H3. The average molecular weight is 605 g/mol.